The number of carboxylic acid groups (broad SMARTS) is 1. The minimum absolute atomic E-state index is 0.160. The van der Waals surface area contributed by atoms with Crippen LogP contribution in [0.1, 0.15) is 36.7 Å². The van der Waals surface area contributed by atoms with Gasteiger partial charge in [-0.1, -0.05) is 6.92 Å². The fraction of sp³-hybridized carbons (Fsp3) is 0.706. The zero-order valence-electron chi connectivity index (χ0n) is 15.0. The first kappa shape index (κ1) is 18.3. The van der Waals surface area contributed by atoms with Crippen LogP contribution in [0.5, 0.6) is 0 Å². The Morgan fingerprint density at radius 1 is 1.33 bits per heavy atom. The van der Waals surface area contributed by atoms with E-state index in [1.165, 1.54) is 5.56 Å². The molecule has 2 rings (SSSR count). The van der Waals surface area contributed by atoms with Gasteiger partial charge in [-0.3, -0.25) is 9.48 Å². The number of urea groups is 1. The summed E-state index contributed by atoms with van der Waals surface area (Å²) in [6.07, 6.45) is 2.35. The third-order valence-electron chi connectivity index (χ3n) is 4.83. The molecular weight excluding hydrogens is 308 g/mol. The van der Waals surface area contributed by atoms with Gasteiger partial charge >= 0.3 is 12.0 Å². The van der Waals surface area contributed by atoms with Crippen LogP contribution in [0.4, 0.5) is 4.79 Å². The highest BCUT2D eigenvalue weighted by atomic mass is 16.4. The number of hydrogen-bond donors (Lipinski definition) is 2. The number of aryl methyl sites for hydroxylation is 2. The van der Waals surface area contributed by atoms with Gasteiger partial charge < -0.3 is 15.3 Å². The number of aliphatic carboxylic acids is 1. The Morgan fingerprint density at radius 2 is 2.04 bits per heavy atom. The van der Waals surface area contributed by atoms with Crippen molar-refractivity contribution in [3.8, 4) is 0 Å². The molecule has 0 bridgehead atoms. The summed E-state index contributed by atoms with van der Waals surface area (Å²) in [6.45, 7) is 7.54. The van der Waals surface area contributed by atoms with Gasteiger partial charge in [0.15, 0.2) is 0 Å². The van der Waals surface area contributed by atoms with Gasteiger partial charge in [-0.25, -0.2) is 4.79 Å². The fourth-order valence-electron chi connectivity index (χ4n) is 3.45. The third kappa shape index (κ3) is 4.27. The Labute approximate surface area is 143 Å². The highest BCUT2D eigenvalue weighted by molar-refractivity contribution is 5.76. The highest BCUT2D eigenvalue weighted by Gasteiger charge is 2.31. The van der Waals surface area contributed by atoms with Crippen LogP contribution in [0.25, 0.3) is 0 Å². The summed E-state index contributed by atoms with van der Waals surface area (Å²) in [5.74, 6) is -1.06. The molecule has 7 heteroatoms. The van der Waals surface area contributed by atoms with Gasteiger partial charge in [-0.15, -0.1) is 0 Å². The monoisotopic (exact) mass is 336 g/mol. The Kier molecular flexibility index (Phi) is 5.85. The topological polar surface area (TPSA) is 87.5 Å². The molecule has 2 heterocycles. The molecule has 1 fully saturated rings. The van der Waals surface area contributed by atoms with Gasteiger partial charge in [-0.2, -0.15) is 5.10 Å². The van der Waals surface area contributed by atoms with E-state index in [9.17, 15) is 14.7 Å². The summed E-state index contributed by atoms with van der Waals surface area (Å²) >= 11 is 0. The standard InChI is InChI=1S/C17H28N4O3/c1-11-8-14(16(22)23)10-21(9-11)17(24)18-7-5-6-15-12(2)19-20(4)13(15)3/h11,14H,5-10H2,1-4H3,(H,18,24)(H,22,23). The third-order valence-corrected chi connectivity index (χ3v) is 4.83. The van der Waals surface area contributed by atoms with E-state index in [4.69, 9.17) is 0 Å². The van der Waals surface area contributed by atoms with Gasteiger partial charge in [0.05, 0.1) is 11.6 Å². The number of hydrogen-bond acceptors (Lipinski definition) is 3. The molecule has 24 heavy (non-hydrogen) atoms. The van der Waals surface area contributed by atoms with E-state index in [0.29, 0.717) is 26.1 Å². The van der Waals surface area contributed by atoms with E-state index in [1.807, 2.05) is 25.6 Å². The number of rotatable bonds is 5. The maximum atomic E-state index is 12.3. The number of carbonyl (C=O) groups excluding carboxylic acids is 1. The molecule has 7 nitrogen and oxygen atoms in total. The molecule has 0 radical (unpaired) electrons. The van der Waals surface area contributed by atoms with Crippen molar-refractivity contribution in [3.05, 3.63) is 17.0 Å². The maximum Gasteiger partial charge on any atom is 0.317 e. The smallest absolute Gasteiger partial charge is 0.317 e. The number of amides is 2. The molecule has 1 aromatic heterocycles. The van der Waals surface area contributed by atoms with Crippen molar-refractivity contribution in [2.45, 2.75) is 40.0 Å². The quantitative estimate of drug-likeness (QED) is 0.802. The SMILES string of the molecule is Cc1nn(C)c(C)c1CCCNC(=O)N1CC(C)CC(C(=O)O)C1. The number of piperidine rings is 1. The molecule has 0 aromatic carbocycles. The van der Waals surface area contributed by atoms with Gasteiger partial charge in [0, 0.05) is 32.4 Å². The highest BCUT2D eigenvalue weighted by Crippen LogP contribution is 2.21. The largest absolute Gasteiger partial charge is 0.481 e. The molecule has 2 unspecified atom stereocenters. The zero-order valence-corrected chi connectivity index (χ0v) is 15.0. The molecule has 2 N–H and O–H groups in total. The van der Waals surface area contributed by atoms with Crippen LogP contribution in [0.2, 0.25) is 0 Å². The van der Waals surface area contributed by atoms with E-state index in [2.05, 4.69) is 17.3 Å². The van der Waals surface area contributed by atoms with Crippen LogP contribution in [-0.4, -0.2) is 51.4 Å². The lowest BCUT2D eigenvalue weighted by atomic mass is 9.91. The Bertz CT molecular complexity index is 611. The van der Waals surface area contributed by atoms with E-state index in [0.717, 1.165) is 24.2 Å². The Morgan fingerprint density at radius 3 is 2.62 bits per heavy atom. The molecule has 0 saturated carbocycles. The fourth-order valence-corrected chi connectivity index (χ4v) is 3.45. The summed E-state index contributed by atoms with van der Waals surface area (Å²) in [4.78, 5) is 25.1. The van der Waals surface area contributed by atoms with Gasteiger partial charge in [0.1, 0.15) is 0 Å². The first-order valence-electron chi connectivity index (χ1n) is 8.54. The van der Waals surface area contributed by atoms with Crippen LogP contribution in [0.15, 0.2) is 0 Å². The second-order valence-electron chi connectivity index (χ2n) is 6.89. The minimum Gasteiger partial charge on any atom is -0.481 e. The normalized spacial score (nSPS) is 20.9. The number of likely N-dealkylation sites (tertiary alicyclic amines) is 1. The average Bonchev–Trinajstić information content (AvgIpc) is 2.76. The lowest BCUT2D eigenvalue weighted by Gasteiger charge is -2.34. The summed E-state index contributed by atoms with van der Waals surface area (Å²) in [7, 11) is 1.93. The number of aromatic nitrogens is 2. The van der Waals surface area contributed by atoms with E-state index < -0.39 is 11.9 Å². The van der Waals surface area contributed by atoms with Crippen LogP contribution in [0, 0.1) is 25.7 Å². The van der Waals surface area contributed by atoms with Crippen molar-refractivity contribution in [3.63, 3.8) is 0 Å². The maximum absolute atomic E-state index is 12.3. The van der Waals surface area contributed by atoms with Gasteiger partial charge in [0.25, 0.3) is 0 Å². The van der Waals surface area contributed by atoms with Crippen LogP contribution >= 0.6 is 0 Å². The summed E-state index contributed by atoms with van der Waals surface area (Å²) in [6, 6.07) is -0.160. The zero-order chi connectivity index (χ0) is 17.9. The minimum atomic E-state index is -0.818. The van der Waals surface area contributed by atoms with Gasteiger partial charge in [0.2, 0.25) is 0 Å². The molecule has 1 aromatic rings. The number of carboxylic acids is 1. The Hall–Kier alpha value is -2.05. The molecule has 1 saturated heterocycles. The van der Waals surface area contributed by atoms with Gasteiger partial charge in [-0.05, 0) is 44.6 Å². The molecule has 0 aliphatic carbocycles. The second kappa shape index (κ2) is 7.68. The predicted molar refractivity (Wildman–Crippen MR) is 90.9 cm³/mol. The van der Waals surface area contributed by atoms with E-state index in [-0.39, 0.29) is 11.9 Å². The number of nitrogens with zero attached hydrogens (tertiary/aromatic N) is 3. The van der Waals surface area contributed by atoms with Crippen molar-refractivity contribution >= 4 is 12.0 Å². The van der Waals surface area contributed by atoms with Crippen molar-refractivity contribution in [2.24, 2.45) is 18.9 Å². The molecule has 1 aliphatic heterocycles. The van der Waals surface area contributed by atoms with Crippen LogP contribution < -0.4 is 5.32 Å². The Balaban J connectivity index is 1.79. The van der Waals surface area contributed by atoms with Crippen LogP contribution in [-0.2, 0) is 18.3 Å². The summed E-state index contributed by atoms with van der Waals surface area (Å²) in [5.41, 5.74) is 3.44. The molecule has 2 amide bonds. The lowest BCUT2D eigenvalue weighted by molar-refractivity contribution is -0.143. The molecule has 134 valence electrons. The van der Waals surface area contributed by atoms with E-state index in [1.54, 1.807) is 4.90 Å². The van der Waals surface area contributed by atoms with Crippen LogP contribution in [0.3, 0.4) is 0 Å². The molecule has 0 spiro atoms. The summed E-state index contributed by atoms with van der Waals surface area (Å²) in [5, 5.41) is 16.5. The van der Waals surface area contributed by atoms with Crippen molar-refractivity contribution in [2.75, 3.05) is 19.6 Å². The second-order valence-corrected chi connectivity index (χ2v) is 6.89. The van der Waals surface area contributed by atoms with Crippen molar-refractivity contribution in [1.29, 1.82) is 0 Å². The number of nitrogens with one attached hydrogen (secondary N) is 1. The van der Waals surface area contributed by atoms with E-state index >= 15 is 0 Å². The molecule has 1 aliphatic rings. The molecule has 2 atom stereocenters. The van der Waals surface area contributed by atoms with Crippen molar-refractivity contribution in [1.82, 2.24) is 20.0 Å². The average molecular weight is 336 g/mol. The number of carbonyl (C=O) groups is 2. The summed E-state index contributed by atoms with van der Waals surface area (Å²) < 4.78 is 1.88. The first-order chi connectivity index (χ1) is 11.3. The molecular formula is C17H28N4O3. The predicted octanol–water partition coefficient (Wildman–Crippen LogP) is 1.72. The van der Waals surface area contributed by atoms with Crippen molar-refractivity contribution < 1.29 is 14.7 Å². The lowest BCUT2D eigenvalue weighted by Crippen LogP contribution is -2.49. The first-order valence-corrected chi connectivity index (χ1v) is 8.54.